The first-order valence-corrected chi connectivity index (χ1v) is 11.1. The maximum absolute atomic E-state index is 12.9. The van der Waals surface area contributed by atoms with E-state index >= 15 is 0 Å². The fraction of sp³-hybridized carbons (Fsp3) is 0.200. The standard InChI is InChI=1S/C20H16INO5S2/c1-2-25-16-7-12(5-13(21)18(16)23)8-17-19(24)22(20(28)29-17)9-11-3-4-14-15(6-11)27-10-26-14/h3-8,23H,2,9-10H2,1H3/b17-8-. The third-order valence-electron chi connectivity index (χ3n) is 4.30. The molecule has 2 heterocycles. The van der Waals surface area contributed by atoms with Crippen LogP contribution < -0.4 is 14.2 Å². The average molecular weight is 541 g/mol. The highest BCUT2D eigenvalue weighted by Gasteiger charge is 2.32. The lowest BCUT2D eigenvalue weighted by molar-refractivity contribution is -0.122. The lowest BCUT2D eigenvalue weighted by Gasteiger charge is -2.14. The predicted molar refractivity (Wildman–Crippen MR) is 123 cm³/mol. The quantitative estimate of drug-likeness (QED) is 0.339. The largest absolute Gasteiger partial charge is 0.504 e. The number of hydrogen-bond donors (Lipinski definition) is 1. The van der Waals surface area contributed by atoms with E-state index in [9.17, 15) is 9.90 Å². The van der Waals surface area contributed by atoms with Crippen LogP contribution in [-0.4, -0.2) is 33.6 Å². The summed E-state index contributed by atoms with van der Waals surface area (Å²) in [6.07, 6.45) is 1.77. The maximum atomic E-state index is 12.9. The van der Waals surface area contributed by atoms with Crippen LogP contribution >= 0.6 is 46.6 Å². The Labute approximate surface area is 191 Å². The summed E-state index contributed by atoms with van der Waals surface area (Å²) < 4.78 is 17.3. The fourth-order valence-corrected chi connectivity index (χ4v) is 4.83. The van der Waals surface area contributed by atoms with E-state index in [0.717, 1.165) is 11.1 Å². The topological polar surface area (TPSA) is 68.2 Å². The van der Waals surface area contributed by atoms with Crippen LogP contribution in [0.15, 0.2) is 35.2 Å². The molecule has 0 radical (unpaired) electrons. The third kappa shape index (κ3) is 4.17. The minimum absolute atomic E-state index is 0.0972. The van der Waals surface area contributed by atoms with Crippen LogP contribution in [0.5, 0.6) is 23.0 Å². The van der Waals surface area contributed by atoms with Gasteiger partial charge in [0.15, 0.2) is 23.0 Å². The van der Waals surface area contributed by atoms with E-state index in [0.29, 0.717) is 43.2 Å². The van der Waals surface area contributed by atoms with Gasteiger partial charge in [0, 0.05) is 0 Å². The normalized spacial score (nSPS) is 16.8. The molecule has 0 unspecified atom stereocenters. The predicted octanol–water partition coefficient (Wildman–Crippen LogP) is 4.53. The summed E-state index contributed by atoms with van der Waals surface area (Å²) in [4.78, 5) is 15.0. The van der Waals surface area contributed by atoms with Crippen LogP contribution in [0.3, 0.4) is 0 Å². The molecular weight excluding hydrogens is 525 g/mol. The first-order chi connectivity index (χ1) is 14.0. The first-order valence-electron chi connectivity index (χ1n) is 8.75. The van der Waals surface area contributed by atoms with E-state index in [-0.39, 0.29) is 18.4 Å². The molecule has 0 bridgehead atoms. The van der Waals surface area contributed by atoms with Crippen molar-refractivity contribution in [3.05, 3.63) is 49.9 Å². The molecule has 2 aliphatic rings. The number of carbonyl (C=O) groups is 1. The maximum Gasteiger partial charge on any atom is 0.266 e. The number of aromatic hydroxyl groups is 1. The molecule has 0 saturated carbocycles. The summed E-state index contributed by atoms with van der Waals surface area (Å²) in [6.45, 7) is 2.85. The van der Waals surface area contributed by atoms with Crippen molar-refractivity contribution >= 4 is 62.9 Å². The Kier molecular flexibility index (Phi) is 5.88. The molecule has 0 aliphatic carbocycles. The Balaban J connectivity index is 1.56. The number of phenols is 1. The number of hydrogen-bond acceptors (Lipinski definition) is 7. The monoisotopic (exact) mass is 541 g/mol. The van der Waals surface area contributed by atoms with Crippen molar-refractivity contribution in [1.29, 1.82) is 0 Å². The van der Waals surface area contributed by atoms with Gasteiger partial charge in [-0.1, -0.05) is 30.0 Å². The number of benzene rings is 2. The summed E-state index contributed by atoms with van der Waals surface area (Å²) in [5.74, 6) is 1.71. The van der Waals surface area contributed by atoms with Gasteiger partial charge in [-0.25, -0.2) is 0 Å². The molecule has 150 valence electrons. The highest BCUT2D eigenvalue weighted by Crippen LogP contribution is 2.38. The molecule has 1 amide bonds. The van der Waals surface area contributed by atoms with Crippen molar-refractivity contribution in [2.24, 2.45) is 0 Å². The number of amides is 1. The second kappa shape index (κ2) is 8.41. The summed E-state index contributed by atoms with van der Waals surface area (Å²) in [5.41, 5.74) is 1.67. The number of nitrogens with zero attached hydrogens (tertiary/aromatic N) is 1. The highest BCUT2D eigenvalue weighted by molar-refractivity contribution is 14.1. The van der Waals surface area contributed by atoms with Gasteiger partial charge in [-0.2, -0.15) is 0 Å². The Morgan fingerprint density at radius 3 is 2.90 bits per heavy atom. The van der Waals surface area contributed by atoms with Crippen molar-refractivity contribution < 1.29 is 24.1 Å². The number of rotatable bonds is 5. The Hall–Kier alpha value is -1.98. The summed E-state index contributed by atoms with van der Waals surface area (Å²) in [6, 6.07) is 9.10. The van der Waals surface area contributed by atoms with Crippen LogP contribution in [0.4, 0.5) is 0 Å². The lowest BCUT2D eigenvalue weighted by Crippen LogP contribution is -2.27. The molecule has 0 atom stereocenters. The minimum Gasteiger partial charge on any atom is -0.504 e. The van der Waals surface area contributed by atoms with Gasteiger partial charge in [-0.15, -0.1) is 0 Å². The van der Waals surface area contributed by atoms with Crippen molar-refractivity contribution in [3.63, 3.8) is 0 Å². The van der Waals surface area contributed by atoms with Gasteiger partial charge >= 0.3 is 0 Å². The fourth-order valence-electron chi connectivity index (χ4n) is 2.95. The van der Waals surface area contributed by atoms with Gasteiger partial charge in [0.05, 0.1) is 21.6 Å². The summed E-state index contributed by atoms with van der Waals surface area (Å²) in [7, 11) is 0. The third-order valence-corrected chi connectivity index (χ3v) is 6.50. The van der Waals surface area contributed by atoms with Gasteiger partial charge < -0.3 is 19.3 Å². The van der Waals surface area contributed by atoms with Crippen molar-refractivity contribution in [2.75, 3.05) is 13.4 Å². The summed E-state index contributed by atoms with van der Waals surface area (Å²) in [5, 5.41) is 10.1. The van der Waals surface area contributed by atoms with Gasteiger partial charge in [-0.05, 0) is 71.0 Å². The van der Waals surface area contributed by atoms with Crippen molar-refractivity contribution in [2.45, 2.75) is 13.5 Å². The first kappa shape index (κ1) is 20.3. The molecule has 9 heteroatoms. The number of thiocarbonyl (C=S) groups is 1. The minimum atomic E-state index is -0.154. The van der Waals surface area contributed by atoms with E-state index < -0.39 is 0 Å². The van der Waals surface area contributed by atoms with Crippen LogP contribution in [0.25, 0.3) is 6.08 Å². The van der Waals surface area contributed by atoms with Gasteiger partial charge in [0.2, 0.25) is 6.79 Å². The molecule has 0 aromatic heterocycles. The van der Waals surface area contributed by atoms with Crippen molar-refractivity contribution in [1.82, 2.24) is 4.90 Å². The molecule has 1 N–H and O–H groups in total. The second-order valence-electron chi connectivity index (χ2n) is 6.24. The zero-order chi connectivity index (χ0) is 20.5. The van der Waals surface area contributed by atoms with Gasteiger partial charge in [0.1, 0.15) is 4.32 Å². The summed E-state index contributed by atoms with van der Waals surface area (Å²) >= 11 is 8.72. The number of carbonyl (C=O) groups excluding carboxylic acids is 1. The smallest absolute Gasteiger partial charge is 0.266 e. The number of halogens is 1. The molecule has 1 fully saturated rings. The van der Waals surface area contributed by atoms with Crippen molar-refractivity contribution in [3.8, 4) is 23.0 Å². The molecule has 1 saturated heterocycles. The van der Waals surface area contributed by atoms with Gasteiger partial charge in [-0.3, -0.25) is 9.69 Å². The molecule has 4 rings (SSSR count). The van der Waals surface area contributed by atoms with Crippen LogP contribution in [0.1, 0.15) is 18.1 Å². The number of phenolic OH excluding ortho intramolecular Hbond substituents is 1. The van der Waals surface area contributed by atoms with E-state index in [1.54, 1.807) is 23.1 Å². The van der Waals surface area contributed by atoms with Crippen LogP contribution in [0, 0.1) is 3.57 Å². The molecular formula is C20H16INO5S2. The molecule has 2 aromatic rings. The Morgan fingerprint density at radius 1 is 1.31 bits per heavy atom. The van der Waals surface area contributed by atoms with Crippen LogP contribution in [0.2, 0.25) is 0 Å². The number of fused-ring (bicyclic) bond motifs is 1. The number of ether oxygens (including phenoxy) is 3. The van der Waals surface area contributed by atoms with E-state index in [4.69, 9.17) is 26.4 Å². The highest BCUT2D eigenvalue weighted by atomic mass is 127. The van der Waals surface area contributed by atoms with Gasteiger partial charge in [0.25, 0.3) is 5.91 Å². The van der Waals surface area contributed by atoms with E-state index in [1.165, 1.54) is 11.8 Å². The van der Waals surface area contributed by atoms with E-state index in [1.807, 2.05) is 47.7 Å². The van der Waals surface area contributed by atoms with E-state index in [2.05, 4.69) is 0 Å². The SMILES string of the molecule is CCOc1cc(/C=C2\SC(=S)N(Cc3ccc4c(c3)OCO4)C2=O)cc(I)c1O. The molecule has 2 aromatic carbocycles. The number of thioether (sulfide) groups is 1. The second-order valence-corrected chi connectivity index (χ2v) is 9.08. The molecule has 6 nitrogen and oxygen atoms in total. The molecule has 2 aliphatic heterocycles. The molecule has 29 heavy (non-hydrogen) atoms. The molecule has 0 spiro atoms. The van der Waals surface area contributed by atoms with Crippen LogP contribution in [-0.2, 0) is 11.3 Å². The zero-order valence-electron chi connectivity index (χ0n) is 15.3. The average Bonchev–Trinajstić information content (AvgIpc) is 3.25. The Morgan fingerprint density at radius 2 is 2.10 bits per heavy atom. The lowest BCUT2D eigenvalue weighted by atomic mass is 10.1. The Bertz CT molecular complexity index is 1040. The zero-order valence-corrected chi connectivity index (χ0v) is 19.1.